The van der Waals surface area contributed by atoms with Crippen LogP contribution in [0.15, 0.2) is 79.0 Å². The molecule has 10 nitrogen and oxygen atoms in total. The van der Waals surface area contributed by atoms with Gasteiger partial charge in [0.2, 0.25) is 17.7 Å². The number of hydrogen-bond acceptors (Lipinski definition) is 5. The van der Waals surface area contributed by atoms with Gasteiger partial charge in [-0.25, -0.2) is 4.79 Å². The van der Waals surface area contributed by atoms with Crippen molar-refractivity contribution < 1.29 is 37.5 Å². The number of H-pyrrole nitrogens is 1. The number of carboxylic acids is 1. The Bertz CT molecular complexity index is 1900. The lowest BCUT2D eigenvalue weighted by Gasteiger charge is -2.39. The van der Waals surface area contributed by atoms with Crippen LogP contribution in [0.25, 0.3) is 10.9 Å². The maximum absolute atomic E-state index is 14.7. The zero-order chi connectivity index (χ0) is 37.0. The fraction of sp³-hybridized carbons (Fsp3) is 0.351. The minimum atomic E-state index is -5.08. The summed E-state index contributed by atoms with van der Waals surface area (Å²) in [5.41, 5.74) is 4.53. The molecule has 2 aliphatic rings. The number of nitrogens with zero attached hydrogens (tertiary/aromatic N) is 3. The summed E-state index contributed by atoms with van der Waals surface area (Å²) in [5, 5.41) is 11.9. The second-order valence-electron chi connectivity index (χ2n) is 13.2. The Kier molecular flexibility index (Phi) is 11.4. The van der Waals surface area contributed by atoms with E-state index in [2.05, 4.69) is 15.2 Å². The van der Waals surface area contributed by atoms with E-state index in [9.17, 15) is 27.6 Å². The van der Waals surface area contributed by atoms with Crippen LogP contribution in [0.4, 0.5) is 24.5 Å². The van der Waals surface area contributed by atoms with E-state index in [4.69, 9.17) is 21.5 Å². The van der Waals surface area contributed by atoms with E-state index >= 15 is 0 Å². The predicted octanol–water partition coefficient (Wildman–Crippen LogP) is 5.86. The molecule has 4 aromatic rings. The third-order valence-electron chi connectivity index (χ3n) is 9.15. The number of anilines is 2. The predicted molar refractivity (Wildman–Crippen MR) is 189 cm³/mol. The second-order valence-corrected chi connectivity index (χ2v) is 13.6. The van der Waals surface area contributed by atoms with E-state index < -0.39 is 24.1 Å². The Morgan fingerprint density at radius 3 is 2.35 bits per heavy atom. The summed E-state index contributed by atoms with van der Waals surface area (Å²) in [4.78, 5) is 59.4. The van der Waals surface area contributed by atoms with Crippen LogP contribution < -0.4 is 15.1 Å². The van der Waals surface area contributed by atoms with Gasteiger partial charge in [0.05, 0.1) is 5.92 Å². The molecule has 0 spiro atoms. The number of alkyl halides is 3. The van der Waals surface area contributed by atoms with Crippen LogP contribution in [0.2, 0.25) is 5.02 Å². The van der Waals surface area contributed by atoms with Crippen LogP contribution in [0.3, 0.4) is 0 Å². The number of aromatic amines is 1. The van der Waals surface area contributed by atoms with Crippen LogP contribution in [-0.2, 0) is 25.6 Å². The van der Waals surface area contributed by atoms with Crippen LogP contribution in [0.5, 0.6) is 0 Å². The van der Waals surface area contributed by atoms with Crippen LogP contribution in [0, 0.1) is 11.8 Å². The molecule has 3 N–H and O–H groups in total. The lowest BCUT2D eigenvalue weighted by atomic mass is 9.88. The normalized spacial score (nSPS) is 18.5. The second kappa shape index (κ2) is 15.6. The van der Waals surface area contributed by atoms with Gasteiger partial charge in [0.1, 0.15) is 6.04 Å². The number of nitrogens with one attached hydrogen (secondary N) is 2. The summed E-state index contributed by atoms with van der Waals surface area (Å²) in [6.45, 7) is 3.60. The number of carboxylic acid groups (broad SMARTS) is 1. The lowest BCUT2D eigenvalue weighted by molar-refractivity contribution is -0.192. The van der Waals surface area contributed by atoms with Crippen molar-refractivity contribution in [3.8, 4) is 0 Å². The monoisotopic (exact) mass is 725 g/mol. The Morgan fingerprint density at radius 1 is 1.02 bits per heavy atom. The molecule has 2 aliphatic heterocycles. The van der Waals surface area contributed by atoms with Gasteiger partial charge in [-0.1, -0.05) is 54.9 Å². The smallest absolute Gasteiger partial charge is 0.475 e. The number of benzene rings is 3. The van der Waals surface area contributed by atoms with Gasteiger partial charge < -0.3 is 30.1 Å². The zero-order valence-electron chi connectivity index (χ0n) is 28.3. The number of hydrogen-bond donors (Lipinski definition) is 3. The average molecular weight is 726 g/mol. The molecule has 3 unspecified atom stereocenters. The number of amides is 3. The van der Waals surface area contributed by atoms with Gasteiger partial charge in [0, 0.05) is 65.5 Å². The first-order valence-corrected chi connectivity index (χ1v) is 16.8. The minimum absolute atomic E-state index is 0.0963. The fourth-order valence-corrected chi connectivity index (χ4v) is 6.99. The highest BCUT2D eigenvalue weighted by molar-refractivity contribution is 6.30. The van der Waals surface area contributed by atoms with Gasteiger partial charge in [-0.2, -0.15) is 13.2 Å². The van der Waals surface area contributed by atoms with Crippen molar-refractivity contribution in [2.45, 2.75) is 37.9 Å². The third kappa shape index (κ3) is 8.71. The Hall–Kier alpha value is -4.88. The van der Waals surface area contributed by atoms with Crippen LogP contribution >= 0.6 is 11.6 Å². The number of rotatable bonds is 8. The minimum Gasteiger partial charge on any atom is -0.475 e. The largest absolute Gasteiger partial charge is 0.490 e. The molecule has 6 rings (SSSR count). The molecule has 1 fully saturated rings. The molecule has 14 heteroatoms. The first-order chi connectivity index (χ1) is 24.1. The molecule has 3 amide bonds. The molecular weight excluding hydrogens is 687 g/mol. The molecule has 0 radical (unpaired) electrons. The average Bonchev–Trinajstić information content (AvgIpc) is 3.70. The van der Waals surface area contributed by atoms with Crippen molar-refractivity contribution >= 4 is 57.6 Å². The number of aliphatic carboxylic acids is 1. The van der Waals surface area contributed by atoms with E-state index in [1.165, 1.54) is 0 Å². The molecule has 0 bridgehead atoms. The highest BCUT2D eigenvalue weighted by atomic mass is 35.5. The topological polar surface area (TPSA) is 126 Å². The summed E-state index contributed by atoms with van der Waals surface area (Å²) in [7, 11) is 4.06. The fourth-order valence-electron chi connectivity index (χ4n) is 6.79. The third-order valence-corrected chi connectivity index (χ3v) is 9.39. The van der Waals surface area contributed by atoms with E-state index in [1.807, 2.05) is 105 Å². The van der Waals surface area contributed by atoms with E-state index in [1.54, 1.807) is 4.90 Å². The van der Waals surface area contributed by atoms with Crippen molar-refractivity contribution in [1.82, 2.24) is 15.2 Å². The maximum atomic E-state index is 14.7. The molecule has 4 atom stereocenters. The maximum Gasteiger partial charge on any atom is 0.490 e. The van der Waals surface area contributed by atoms with Gasteiger partial charge in [0.25, 0.3) is 0 Å². The first kappa shape index (κ1) is 37.4. The van der Waals surface area contributed by atoms with Crippen molar-refractivity contribution in [2.24, 2.45) is 11.8 Å². The van der Waals surface area contributed by atoms with Crippen molar-refractivity contribution in [3.63, 3.8) is 0 Å². The standard InChI is InChI=1S/C35H38ClN5O3.C2HF3O2/c1-22(29-18-37-30-12-8-7-11-28(29)30)33(38-34(43)25-17-32(42)40(21-25)27-9-5-4-6-10-27)35(44)41-20-23(19-39(2)3)15-24-16-26(36)13-14-31(24)41;3-2(4,5)1(6)7/h4-14,16,18,22-23,25,33,37H,15,17,19-21H2,1-3H3,(H,38,43);(H,6,7)/t22?,23-,25?,33?;/m1./s1. The number of aromatic nitrogens is 1. The number of carbonyl (C=O) groups excluding carboxylic acids is 3. The summed E-state index contributed by atoms with van der Waals surface area (Å²) < 4.78 is 31.7. The van der Waals surface area contributed by atoms with Gasteiger partial charge in [0.15, 0.2) is 0 Å². The van der Waals surface area contributed by atoms with Gasteiger partial charge in [-0.3, -0.25) is 14.4 Å². The van der Waals surface area contributed by atoms with Crippen molar-refractivity contribution in [1.29, 1.82) is 0 Å². The molecule has 3 heterocycles. The van der Waals surface area contributed by atoms with Gasteiger partial charge in [-0.05, 0) is 74.0 Å². The molecule has 1 saturated heterocycles. The van der Waals surface area contributed by atoms with Crippen molar-refractivity contribution in [2.75, 3.05) is 43.5 Å². The molecule has 1 aromatic heterocycles. The summed E-state index contributed by atoms with van der Waals surface area (Å²) in [6.07, 6.45) is -2.25. The molecular formula is C37H39ClF3N5O5. The SMILES string of the molecule is CC(c1c[nH]c2ccccc12)C(NC(=O)C1CC(=O)N(c2ccccc2)C1)C(=O)N1C[C@@H](CN(C)C)Cc2cc(Cl)ccc21.O=C(O)C(F)(F)F. The Morgan fingerprint density at radius 2 is 1.69 bits per heavy atom. The van der Waals surface area contributed by atoms with E-state index in [-0.39, 0.29) is 42.5 Å². The Balaban J connectivity index is 0.000000654. The molecule has 0 aliphatic carbocycles. The number of carbonyl (C=O) groups is 4. The van der Waals surface area contributed by atoms with Crippen molar-refractivity contribution in [3.05, 3.63) is 95.1 Å². The molecule has 51 heavy (non-hydrogen) atoms. The van der Waals surface area contributed by atoms with E-state index in [0.29, 0.717) is 11.6 Å². The zero-order valence-corrected chi connectivity index (χ0v) is 29.0. The van der Waals surface area contributed by atoms with Crippen LogP contribution in [0.1, 0.15) is 30.4 Å². The number of fused-ring (bicyclic) bond motifs is 2. The lowest BCUT2D eigenvalue weighted by Crippen LogP contribution is -2.55. The quantitative estimate of drug-likeness (QED) is 0.209. The number of halogens is 4. The van der Waals surface area contributed by atoms with E-state index in [0.717, 1.165) is 46.4 Å². The first-order valence-electron chi connectivity index (χ1n) is 16.4. The van der Waals surface area contributed by atoms with Gasteiger partial charge >= 0.3 is 12.1 Å². The van der Waals surface area contributed by atoms with Crippen LogP contribution in [-0.4, -0.2) is 84.6 Å². The van der Waals surface area contributed by atoms with Gasteiger partial charge in [-0.15, -0.1) is 0 Å². The number of para-hydroxylation sites is 2. The molecule has 270 valence electrons. The Labute approximate surface area is 298 Å². The summed E-state index contributed by atoms with van der Waals surface area (Å²) >= 11 is 6.40. The highest BCUT2D eigenvalue weighted by Gasteiger charge is 2.41. The highest BCUT2D eigenvalue weighted by Crippen LogP contribution is 2.36. The molecule has 0 saturated carbocycles. The summed E-state index contributed by atoms with van der Waals surface area (Å²) in [6, 6.07) is 22.2. The summed E-state index contributed by atoms with van der Waals surface area (Å²) in [5.74, 6) is -4.04. The molecule has 3 aromatic carbocycles.